The lowest BCUT2D eigenvalue weighted by molar-refractivity contribution is -0.120. The number of amides is 1. The van der Waals surface area contributed by atoms with Gasteiger partial charge in [0.15, 0.2) is 0 Å². The summed E-state index contributed by atoms with van der Waals surface area (Å²) in [7, 11) is 0. The molecule has 0 aromatic carbocycles. The number of hydrogen-bond donors (Lipinski definition) is 7. The van der Waals surface area contributed by atoms with Crippen LogP contribution in [0.2, 0.25) is 0 Å². The molecule has 23 heavy (non-hydrogen) atoms. The van der Waals surface area contributed by atoms with Gasteiger partial charge in [0.1, 0.15) is 12.2 Å². The van der Waals surface area contributed by atoms with Gasteiger partial charge in [-0.25, -0.2) is 0 Å². The highest BCUT2D eigenvalue weighted by Gasteiger charge is 2.42. The fourth-order valence-electron chi connectivity index (χ4n) is 2.68. The standard InChI is InChI=1S/C14H27NO7S/c1-6(17)11(19)9(15-7(2)18)5-23-10-3-8(4-16)12(20)14(22)13(10)21/h6,8-14,16-17,19-22H,3-5H2,1-2H3,(H,15,18). The number of aliphatic hydroxyl groups excluding tert-OH is 6. The maximum Gasteiger partial charge on any atom is 0.217 e. The summed E-state index contributed by atoms with van der Waals surface area (Å²) >= 11 is 1.21. The Bertz CT molecular complexity index is 382. The largest absolute Gasteiger partial charge is 0.396 e. The molecule has 0 bridgehead atoms. The van der Waals surface area contributed by atoms with Crippen molar-refractivity contribution in [3.05, 3.63) is 0 Å². The Morgan fingerprint density at radius 1 is 1.22 bits per heavy atom. The Morgan fingerprint density at radius 2 is 1.83 bits per heavy atom. The Kier molecular flexibility index (Phi) is 8.22. The second-order valence-electron chi connectivity index (χ2n) is 6.06. The van der Waals surface area contributed by atoms with Crippen LogP contribution in [0.25, 0.3) is 0 Å². The van der Waals surface area contributed by atoms with Crippen LogP contribution in [-0.4, -0.2) is 90.7 Å². The lowest BCUT2D eigenvalue weighted by Gasteiger charge is -2.40. The third-order valence-electron chi connectivity index (χ3n) is 4.12. The van der Waals surface area contributed by atoms with E-state index in [1.807, 2.05) is 0 Å². The van der Waals surface area contributed by atoms with Crippen LogP contribution in [0.1, 0.15) is 20.3 Å². The zero-order chi connectivity index (χ0) is 17.7. The summed E-state index contributed by atoms with van der Waals surface area (Å²) in [5.74, 6) is -0.705. The van der Waals surface area contributed by atoms with Gasteiger partial charge in [0.25, 0.3) is 0 Å². The van der Waals surface area contributed by atoms with Crippen LogP contribution in [0.4, 0.5) is 0 Å². The molecule has 0 aliphatic heterocycles. The molecule has 7 N–H and O–H groups in total. The van der Waals surface area contributed by atoms with Gasteiger partial charge in [0, 0.05) is 30.5 Å². The van der Waals surface area contributed by atoms with E-state index in [1.54, 1.807) is 0 Å². The average molecular weight is 353 g/mol. The monoisotopic (exact) mass is 353 g/mol. The molecular formula is C14H27NO7S. The van der Waals surface area contributed by atoms with Crippen molar-refractivity contribution in [2.75, 3.05) is 12.4 Å². The normalized spacial score (nSPS) is 35.4. The van der Waals surface area contributed by atoms with Gasteiger partial charge in [-0.3, -0.25) is 4.79 Å². The van der Waals surface area contributed by atoms with E-state index in [4.69, 9.17) is 0 Å². The van der Waals surface area contributed by atoms with E-state index in [1.165, 1.54) is 25.6 Å². The van der Waals surface area contributed by atoms with E-state index < -0.39 is 47.7 Å². The van der Waals surface area contributed by atoms with Gasteiger partial charge in [0.2, 0.25) is 5.91 Å². The smallest absolute Gasteiger partial charge is 0.217 e. The van der Waals surface area contributed by atoms with Crippen LogP contribution in [-0.2, 0) is 4.79 Å². The predicted molar refractivity (Wildman–Crippen MR) is 84.8 cm³/mol. The van der Waals surface area contributed by atoms with Crippen molar-refractivity contribution < 1.29 is 35.4 Å². The second-order valence-corrected chi connectivity index (χ2v) is 7.33. The quantitative estimate of drug-likeness (QED) is 0.264. The molecule has 8 nitrogen and oxygen atoms in total. The molecular weight excluding hydrogens is 326 g/mol. The summed E-state index contributed by atoms with van der Waals surface area (Å²) in [6.07, 6.45) is -5.66. The van der Waals surface area contributed by atoms with Gasteiger partial charge in [0.05, 0.1) is 24.4 Å². The first kappa shape index (κ1) is 20.6. The molecule has 1 saturated carbocycles. The van der Waals surface area contributed by atoms with Crippen LogP contribution in [0.3, 0.4) is 0 Å². The summed E-state index contributed by atoms with van der Waals surface area (Å²) in [6, 6.07) is -0.721. The minimum atomic E-state index is -1.36. The molecule has 0 radical (unpaired) electrons. The van der Waals surface area contributed by atoms with Crippen molar-refractivity contribution in [1.82, 2.24) is 5.32 Å². The molecule has 1 amide bonds. The molecule has 1 aliphatic carbocycles. The first-order valence-corrected chi connectivity index (χ1v) is 8.63. The summed E-state index contributed by atoms with van der Waals surface area (Å²) in [6.45, 7) is 2.39. The number of nitrogens with one attached hydrogen (secondary N) is 1. The van der Waals surface area contributed by atoms with Crippen molar-refractivity contribution >= 4 is 17.7 Å². The molecule has 0 heterocycles. The SMILES string of the molecule is CC(=O)NC(CSC1CC(CO)C(O)C(O)C1O)C(O)C(C)O. The number of carbonyl (C=O) groups is 1. The molecule has 0 spiro atoms. The van der Waals surface area contributed by atoms with Crippen molar-refractivity contribution in [1.29, 1.82) is 0 Å². The lowest BCUT2D eigenvalue weighted by atomic mass is 9.83. The zero-order valence-electron chi connectivity index (χ0n) is 13.2. The first-order chi connectivity index (χ1) is 10.7. The number of thioether (sulfide) groups is 1. The molecule has 8 atom stereocenters. The summed E-state index contributed by atoms with van der Waals surface area (Å²) in [5.41, 5.74) is 0. The van der Waals surface area contributed by atoms with Crippen LogP contribution in [0.15, 0.2) is 0 Å². The molecule has 1 fully saturated rings. The third-order valence-corrected chi connectivity index (χ3v) is 5.57. The van der Waals surface area contributed by atoms with E-state index in [0.717, 1.165) is 0 Å². The predicted octanol–water partition coefficient (Wildman–Crippen LogP) is -2.57. The van der Waals surface area contributed by atoms with Gasteiger partial charge in [-0.15, -0.1) is 0 Å². The van der Waals surface area contributed by atoms with E-state index in [9.17, 15) is 35.4 Å². The minimum absolute atomic E-state index is 0.203. The van der Waals surface area contributed by atoms with E-state index >= 15 is 0 Å². The van der Waals surface area contributed by atoms with Gasteiger partial charge >= 0.3 is 0 Å². The molecule has 8 unspecified atom stereocenters. The fraction of sp³-hybridized carbons (Fsp3) is 0.929. The van der Waals surface area contributed by atoms with Gasteiger partial charge < -0.3 is 36.0 Å². The Morgan fingerprint density at radius 3 is 2.30 bits per heavy atom. The van der Waals surface area contributed by atoms with E-state index in [-0.39, 0.29) is 24.7 Å². The molecule has 136 valence electrons. The molecule has 0 aromatic heterocycles. The second kappa shape index (κ2) is 9.16. The average Bonchev–Trinajstić information content (AvgIpc) is 2.49. The van der Waals surface area contributed by atoms with Crippen molar-refractivity contribution in [3.8, 4) is 0 Å². The number of carbonyl (C=O) groups excluding carboxylic acids is 1. The minimum Gasteiger partial charge on any atom is -0.396 e. The van der Waals surface area contributed by atoms with Crippen molar-refractivity contribution in [2.24, 2.45) is 5.92 Å². The van der Waals surface area contributed by atoms with E-state index in [2.05, 4.69) is 5.32 Å². The molecule has 0 aromatic rings. The summed E-state index contributed by atoms with van der Waals surface area (Å²) in [5, 5.41) is 60.4. The van der Waals surface area contributed by atoms with Crippen molar-refractivity contribution in [2.45, 2.75) is 62.1 Å². The number of hydrogen-bond acceptors (Lipinski definition) is 8. The van der Waals surface area contributed by atoms with Crippen LogP contribution in [0.5, 0.6) is 0 Å². The topological polar surface area (TPSA) is 150 Å². The van der Waals surface area contributed by atoms with Crippen LogP contribution < -0.4 is 5.32 Å². The maximum absolute atomic E-state index is 11.2. The Hall–Kier alpha value is -0.420. The fourth-order valence-corrected chi connectivity index (χ4v) is 4.15. The zero-order valence-corrected chi connectivity index (χ0v) is 14.1. The van der Waals surface area contributed by atoms with Crippen molar-refractivity contribution in [3.63, 3.8) is 0 Å². The third kappa shape index (κ3) is 5.56. The highest BCUT2D eigenvalue weighted by atomic mass is 32.2. The molecule has 1 rings (SSSR count). The van der Waals surface area contributed by atoms with Crippen LogP contribution >= 0.6 is 11.8 Å². The number of aliphatic hydroxyl groups is 6. The highest BCUT2D eigenvalue weighted by molar-refractivity contribution is 8.00. The molecule has 0 saturated heterocycles. The Balaban J connectivity index is 2.69. The Labute approximate surface area is 139 Å². The van der Waals surface area contributed by atoms with E-state index in [0.29, 0.717) is 0 Å². The maximum atomic E-state index is 11.2. The van der Waals surface area contributed by atoms with Crippen LogP contribution in [0, 0.1) is 5.92 Å². The molecule has 1 aliphatic rings. The summed E-state index contributed by atoms with van der Waals surface area (Å²) in [4.78, 5) is 11.2. The molecule has 9 heteroatoms. The lowest BCUT2D eigenvalue weighted by Crippen LogP contribution is -2.54. The highest BCUT2D eigenvalue weighted by Crippen LogP contribution is 2.33. The summed E-state index contributed by atoms with van der Waals surface area (Å²) < 4.78 is 0. The van der Waals surface area contributed by atoms with Gasteiger partial charge in [-0.2, -0.15) is 11.8 Å². The number of rotatable bonds is 7. The first-order valence-electron chi connectivity index (χ1n) is 7.58. The van der Waals surface area contributed by atoms with Gasteiger partial charge in [-0.05, 0) is 13.3 Å². The van der Waals surface area contributed by atoms with Gasteiger partial charge in [-0.1, -0.05) is 0 Å².